The molecule has 9 heteroatoms. The normalized spacial score (nSPS) is 27.7. The third-order valence-electron chi connectivity index (χ3n) is 3.37. The number of rotatable bonds is 4. The Morgan fingerprint density at radius 3 is 2.55 bits per heavy atom. The molecule has 0 spiro atoms. The van der Waals surface area contributed by atoms with Crippen LogP contribution in [-0.4, -0.2) is 45.7 Å². The van der Waals surface area contributed by atoms with Crippen LogP contribution in [0.2, 0.25) is 0 Å². The number of hydrogen-bond donors (Lipinski definition) is 3. The van der Waals surface area contributed by atoms with Gasteiger partial charge in [-0.1, -0.05) is 12.2 Å². The summed E-state index contributed by atoms with van der Waals surface area (Å²) in [6.45, 7) is 1.10. The van der Waals surface area contributed by atoms with E-state index in [2.05, 4.69) is 15.4 Å². The molecule has 1 aliphatic heterocycles. The molecule has 2 aliphatic rings. The van der Waals surface area contributed by atoms with Crippen molar-refractivity contribution in [1.82, 2.24) is 15.4 Å². The van der Waals surface area contributed by atoms with Crippen LogP contribution in [0.1, 0.15) is 0 Å². The molecule has 1 unspecified atom stereocenters. The van der Waals surface area contributed by atoms with Crippen LogP contribution in [0.15, 0.2) is 23.1 Å². The monoisotopic (exact) mass is 319 g/mol. The largest absolute Gasteiger partial charge is 0.299 e. The Bertz CT molecular complexity index is 607. The summed E-state index contributed by atoms with van der Waals surface area (Å²) in [5.74, 6) is -0.846. The zero-order valence-corrected chi connectivity index (χ0v) is 12.2. The van der Waals surface area contributed by atoms with E-state index in [4.69, 9.17) is 11.6 Å². The highest BCUT2D eigenvalue weighted by atomic mass is 35.5. The van der Waals surface area contributed by atoms with Gasteiger partial charge in [-0.25, -0.2) is 13.1 Å². The van der Waals surface area contributed by atoms with Crippen LogP contribution >= 0.6 is 11.6 Å². The summed E-state index contributed by atoms with van der Waals surface area (Å²) in [5.41, 5.74) is -1.76. The molecule has 3 N–H and O–H groups in total. The second-order valence-corrected chi connectivity index (χ2v) is 6.61. The molecule has 1 fully saturated rings. The minimum atomic E-state index is -3.96. The number of hydrogen-bond acceptors (Lipinski definition) is 6. The zero-order chi connectivity index (χ0) is 15.0. The highest BCUT2D eigenvalue weighted by Crippen LogP contribution is 2.35. The van der Waals surface area contributed by atoms with Gasteiger partial charge in [0, 0.05) is 13.1 Å². The van der Waals surface area contributed by atoms with Gasteiger partial charge in [-0.2, -0.15) is 0 Å². The number of Topliss-reactive ketones (excluding diaryl/α,β-unsaturated/α-hetero) is 1. The zero-order valence-electron chi connectivity index (χ0n) is 10.6. The SMILES string of the molecule is CNS(=O)(=O)C1=CC=CC(C(=O)Cl)(C2NCCN2)C1=O. The third-order valence-corrected chi connectivity index (χ3v) is 5.12. The van der Waals surface area contributed by atoms with Gasteiger partial charge in [0.05, 0.1) is 6.17 Å². The summed E-state index contributed by atoms with van der Waals surface area (Å²) >= 11 is 5.61. The molecular formula is C11H14ClN3O4S. The van der Waals surface area contributed by atoms with Crippen molar-refractivity contribution < 1.29 is 18.0 Å². The molecule has 0 saturated carbocycles. The topological polar surface area (TPSA) is 104 Å². The third kappa shape index (κ3) is 2.23. The maximum atomic E-state index is 12.6. The standard InChI is InChI=1S/C11H14ClN3O4S/c1-13-20(18,19)7-3-2-4-11(8(7)16,9(12)17)10-14-5-6-15-10/h2-4,10,13-15H,5-6H2,1H3. The first-order valence-corrected chi connectivity index (χ1v) is 7.77. The highest BCUT2D eigenvalue weighted by molar-refractivity contribution is 7.94. The molecule has 1 heterocycles. The molecule has 0 bridgehead atoms. The van der Waals surface area contributed by atoms with Crippen molar-refractivity contribution >= 4 is 32.6 Å². The van der Waals surface area contributed by atoms with Crippen molar-refractivity contribution in [2.75, 3.05) is 20.1 Å². The molecule has 2 rings (SSSR count). The second kappa shape index (κ2) is 5.38. The highest BCUT2D eigenvalue weighted by Gasteiger charge is 2.54. The van der Waals surface area contributed by atoms with Crippen molar-refractivity contribution in [3.05, 3.63) is 23.1 Å². The average Bonchev–Trinajstić information content (AvgIpc) is 2.92. The number of carbonyl (C=O) groups is 2. The molecule has 0 radical (unpaired) electrons. The van der Waals surface area contributed by atoms with E-state index < -0.39 is 37.5 Å². The quantitative estimate of drug-likeness (QED) is 0.445. The van der Waals surface area contributed by atoms with E-state index in [1.54, 1.807) is 0 Å². The summed E-state index contributed by atoms with van der Waals surface area (Å²) in [4.78, 5) is 23.9. The summed E-state index contributed by atoms with van der Waals surface area (Å²) in [5, 5.41) is 4.95. The van der Waals surface area contributed by atoms with Crippen molar-refractivity contribution in [3.63, 3.8) is 0 Å². The van der Waals surface area contributed by atoms with Gasteiger partial charge in [-0.3, -0.25) is 20.2 Å². The fraction of sp³-hybridized carbons (Fsp3) is 0.455. The number of ketones is 1. The van der Waals surface area contributed by atoms with E-state index in [9.17, 15) is 18.0 Å². The maximum Gasteiger partial charge on any atom is 0.243 e. The number of nitrogens with one attached hydrogen (secondary N) is 3. The first kappa shape index (κ1) is 15.3. The smallest absolute Gasteiger partial charge is 0.243 e. The van der Waals surface area contributed by atoms with E-state index in [-0.39, 0.29) is 0 Å². The van der Waals surface area contributed by atoms with E-state index in [1.807, 2.05) is 0 Å². The van der Waals surface area contributed by atoms with Gasteiger partial charge in [-0.15, -0.1) is 0 Å². The predicted octanol–water partition coefficient (Wildman–Crippen LogP) is -1.17. The molecule has 1 aliphatic carbocycles. The van der Waals surface area contributed by atoms with E-state index >= 15 is 0 Å². The molecule has 7 nitrogen and oxygen atoms in total. The lowest BCUT2D eigenvalue weighted by Crippen LogP contribution is -2.57. The van der Waals surface area contributed by atoms with Crippen LogP contribution in [-0.2, 0) is 19.6 Å². The van der Waals surface area contributed by atoms with Gasteiger partial charge in [0.15, 0.2) is 11.2 Å². The Hall–Kier alpha value is -1.06. The Labute approximate surface area is 121 Å². The summed E-state index contributed by atoms with van der Waals surface area (Å²) < 4.78 is 25.8. The first-order chi connectivity index (χ1) is 9.36. The minimum Gasteiger partial charge on any atom is -0.299 e. The van der Waals surface area contributed by atoms with Gasteiger partial charge in [0.2, 0.25) is 15.3 Å². The van der Waals surface area contributed by atoms with Gasteiger partial charge < -0.3 is 0 Å². The van der Waals surface area contributed by atoms with Crippen LogP contribution in [0.25, 0.3) is 0 Å². The molecule has 110 valence electrons. The average molecular weight is 320 g/mol. The van der Waals surface area contributed by atoms with Crippen molar-refractivity contribution in [2.24, 2.45) is 5.41 Å². The van der Waals surface area contributed by atoms with Crippen LogP contribution < -0.4 is 15.4 Å². The van der Waals surface area contributed by atoms with Crippen molar-refractivity contribution in [2.45, 2.75) is 6.17 Å². The molecule has 1 atom stereocenters. The number of allylic oxidation sites excluding steroid dienone is 3. The number of sulfonamides is 1. The molecule has 20 heavy (non-hydrogen) atoms. The van der Waals surface area contributed by atoms with Crippen LogP contribution in [0.3, 0.4) is 0 Å². The Morgan fingerprint density at radius 2 is 2.05 bits per heavy atom. The molecular weight excluding hydrogens is 306 g/mol. The summed E-state index contributed by atoms with van der Waals surface area (Å²) in [7, 11) is -2.77. The molecule has 0 amide bonds. The number of carbonyl (C=O) groups excluding carboxylic acids is 2. The van der Waals surface area contributed by atoms with Crippen LogP contribution in [0, 0.1) is 5.41 Å². The molecule has 1 saturated heterocycles. The lowest BCUT2D eigenvalue weighted by Gasteiger charge is -2.33. The Kier molecular flexibility index (Phi) is 4.12. The fourth-order valence-electron chi connectivity index (χ4n) is 2.29. The minimum absolute atomic E-state index is 0.480. The van der Waals surface area contributed by atoms with Crippen molar-refractivity contribution in [3.8, 4) is 0 Å². The van der Waals surface area contributed by atoms with Crippen LogP contribution in [0.4, 0.5) is 0 Å². The van der Waals surface area contributed by atoms with E-state index in [0.29, 0.717) is 13.1 Å². The maximum absolute atomic E-state index is 12.6. The lowest BCUT2D eigenvalue weighted by molar-refractivity contribution is -0.132. The molecule has 0 aromatic rings. The Morgan fingerprint density at radius 1 is 1.45 bits per heavy atom. The van der Waals surface area contributed by atoms with Gasteiger partial charge in [0.1, 0.15) is 4.91 Å². The summed E-state index contributed by atoms with van der Waals surface area (Å²) in [6.07, 6.45) is 3.11. The Balaban J connectivity index is 2.52. The van der Waals surface area contributed by atoms with Gasteiger partial charge >= 0.3 is 0 Å². The lowest BCUT2D eigenvalue weighted by atomic mass is 9.78. The predicted molar refractivity (Wildman–Crippen MR) is 73.3 cm³/mol. The van der Waals surface area contributed by atoms with Gasteiger partial charge in [-0.05, 0) is 24.7 Å². The molecule has 0 aromatic carbocycles. The first-order valence-electron chi connectivity index (χ1n) is 5.91. The second-order valence-electron chi connectivity index (χ2n) is 4.41. The van der Waals surface area contributed by atoms with E-state index in [0.717, 1.165) is 6.08 Å². The fourth-order valence-corrected chi connectivity index (χ4v) is 3.44. The number of halogens is 1. The van der Waals surface area contributed by atoms with Crippen molar-refractivity contribution in [1.29, 1.82) is 0 Å². The summed E-state index contributed by atoms with van der Waals surface area (Å²) in [6, 6.07) is 0. The van der Waals surface area contributed by atoms with E-state index in [1.165, 1.54) is 19.2 Å². The van der Waals surface area contributed by atoms with Crippen LogP contribution in [0.5, 0.6) is 0 Å². The molecule has 0 aromatic heterocycles. The van der Waals surface area contributed by atoms with Gasteiger partial charge in [0.25, 0.3) is 0 Å².